The molecule has 3 aromatic rings. The number of nitrogens with zero attached hydrogens (tertiary/aromatic N) is 2. The zero-order chi connectivity index (χ0) is 15.7. The fourth-order valence-corrected chi connectivity index (χ4v) is 4.16. The van der Waals surface area contributed by atoms with Crippen LogP contribution in [0, 0.1) is 13.8 Å². The van der Waals surface area contributed by atoms with E-state index in [4.69, 9.17) is 5.73 Å². The van der Waals surface area contributed by atoms with Crippen molar-refractivity contribution >= 4 is 22.2 Å². The summed E-state index contributed by atoms with van der Waals surface area (Å²) < 4.78 is 2.39. The molecule has 0 aliphatic carbocycles. The van der Waals surface area contributed by atoms with Crippen molar-refractivity contribution in [1.82, 2.24) is 9.55 Å². The van der Waals surface area contributed by atoms with Crippen LogP contribution in [-0.2, 0) is 13.0 Å². The normalized spacial score (nSPS) is 12.9. The van der Waals surface area contributed by atoms with Gasteiger partial charge in [0.15, 0.2) is 0 Å². The van der Waals surface area contributed by atoms with Crippen molar-refractivity contribution in [2.75, 3.05) is 6.54 Å². The maximum absolute atomic E-state index is 6.06. The Balaban J connectivity index is 2.04. The lowest BCUT2D eigenvalue weighted by atomic mass is 9.97. The van der Waals surface area contributed by atoms with Crippen molar-refractivity contribution in [3.05, 3.63) is 51.6 Å². The van der Waals surface area contributed by atoms with Crippen LogP contribution in [0.1, 0.15) is 34.8 Å². The summed E-state index contributed by atoms with van der Waals surface area (Å²) in [6, 6.07) is 8.67. The van der Waals surface area contributed by atoms with Gasteiger partial charge in [-0.2, -0.15) is 0 Å². The van der Waals surface area contributed by atoms with Gasteiger partial charge in [0, 0.05) is 46.7 Å². The molecule has 116 valence electrons. The zero-order valence-electron chi connectivity index (χ0n) is 13.5. The van der Waals surface area contributed by atoms with Crippen LogP contribution >= 0.6 is 11.3 Å². The number of aryl methyl sites for hydroxylation is 2. The second-order valence-electron chi connectivity index (χ2n) is 5.79. The van der Waals surface area contributed by atoms with Gasteiger partial charge in [-0.15, -0.1) is 11.3 Å². The second kappa shape index (κ2) is 6.23. The summed E-state index contributed by atoms with van der Waals surface area (Å²) in [5.74, 6) is 0.300. The summed E-state index contributed by atoms with van der Waals surface area (Å²) in [6.45, 7) is 8.10. The fourth-order valence-electron chi connectivity index (χ4n) is 3.25. The van der Waals surface area contributed by atoms with E-state index in [2.05, 4.69) is 53.0 Å². The van der Waals surface area contributed by atoms with Gasteiger partial charge >= 0.3 is 0 Å². The predicted molar refractivity (Wildman–Crippen MR) is 94.7 cm³/mol. The highest BCUT2D eigenvalue weighted by atomic mass is 32.1. The molecular weight excluding hydrogens is 290 g/mol. The molecule has 2 N–H and O–H groups in total. The van der Waals surface area contributed by atoms with Gasteiger partial charge in [0.2, 0.25) is 0 Å². The van der Waals surface area contributed by atoms with Crippen LogP contribution < -0.4 is 5.73 Å². The Morgan fingerprint density at radius 2 is 2.05 bits per heavy atom. The smallest absolute Gasteiger partial charge is 0.0975 e. The standard InChI is InChI=1S/C18H23N3S/c1-4-21-13(3)16(15-7-5-6-8-17(15)21)9-14(10-19)18-20-12(2)11-22-18/h5-8,11,14H,4,9-10,19H2,1-3H3. The minimum Gasteiger partial charge on any atom is -0.345 e. The molecule has 3 nitrogen and oxygen atoms in total. The topological polar surface area (TPSA) is 43.8 Å². The number of benzene rings is 1. The van der Waals surface area contributed by atoms with Crippen LogP contribution in [0.25, 0.3) is 10.9 Å². The van der Waals surface area contributed by atoms with E-state index in [-0.39, 0.29) is 0 Å². The molecule has 0 aliphatic heterocycles. The van der Waals surface area contributed by atoms with Crippen molar-refractivity contribution in [2.45, 2.75) is 39.7 Å². The van der Waals surface area contributed by atoms with Crippen molar-refractivity contribution in [3.63, 3.8) is 0 Å². The van der Waals surface area contributed by atoms with E-state index in [1.54, 1.807) is 11.3 Å². The van der Waals surface area contributed by atoms with E-state index in [1.165, 1.54) is 22.2 Å². The Kier molecular flexibility index (Phi) is 4.32. The molecule has 0 bridgehead atoms. The zero-order valence-corrected chi connectivity index (χ0v) is 14.3. The van der Waals surface area contributed by atoms with Gasteiger partial charge in [-0.25, -0.2) is 4.98 Å². The molecule has 0 spiro atoms. The molecule has 0 aliphatic rings. The van der Waals surface area contributed by atoms with E-state index in [9.17, 15) is 0 Å². The molecule has 0 radical (unpaired) electrons. The minimum absolute atomic E-state index is 0.300. The average molecular weight is 313 g/mol. The summed E-state index contributed by atoms with van der Waals surface area (Å²) >= 11 is 1.73. The quantitative estimate of drug-likeness (QED) is 0.773. The highest BCUT2D eigenvalue weighted by molar-refractivity contribution is 7.09. The number of aromatic nitrogens is 2. The Bertz CT molecular complexity index is 785. The first-order chi connectivity index (χ1) is 10.7. The average Bonchev–Trinajstić information content (AvgIpc) is 3.06. The molecule has 1 atom stereocenters. The van der Waals surface area contributed by atoms with Gasteiger partial charge in [-0.1, -0.05) is 18.2 Å². The lowest BCUT2D eigenvalue weighted by Gasteiger charge is -2.13. The lowest BCUT2D eigenvalue weighted by Crippen LogP contribution is -2.15. The predicted octanol–water partition coefficient (Wildman–Crippen LogP) is 4.02. The number of hydrogen-bond donors (Lipinski definition) is 1. The van der Waals surface area contributed by atoms with Crippen molar-refractivity contribution < 1.29 is 0 Å². The minimum atomic E-state index is 0.300. The van der Waals surface area contributed by atoms with E-state index in [1.807, 2.05) is 6.92 Å². The van der Waals surface area contributed by atoms with E-state index in [0.717, 1.165) is 23.7 Å². The Hall–Kier alpha value is -1.65. The van der Waals surface area contributed by atoms with Crippen molar-refractivity contribution in [3.8, 4) is 0 Å². The third-order valence-corrected chi connectivity index (χ3v) is 5.52. The van der Waals surface area contributed by atoms with E-state index in [0.29, 0.717) is 12.5 Å². The van der Waals surface area contributed by atoms with Crippen LogP contribution in [0.2, 0.25) is 0 Å². The Morgan fingerprint density at radius 1 is 1.27 bits per heavy atom. The maximum atomic E-state index is 6.06. The number of nitrogens with two attached hydrogens (primary N) is 1. The number of fused-ring (bicyclic) bond motifs is 1. The van der Waals surface area contributed by atoms with Crippen LogP contribution in [0.5, 0.6) is 0 Å². The van der Waals surface area contributed by atoms with E-state index < -0.39 is 0 Å². The van der Waals surface area contributed by atoms with Crippen LogP contribution in [0.4, 0.5) is 0 Å². The molecular formula is C18H23N3S. The highest BCUT2D eigenvalue weighted by Gasteiger charge is 2.19. The first-order valence-electron chi connectivity index (χ1n) is 7.84. The monoisotopic (exact) mass is 313 g/mol. The summed E-state index contributed by atoms with van der Waals surface area (Å²) in [5, 5.41) is 4.63. The first-order valence-corrected chi connectivity index (χ1v) is 8.72. The van der Waals surface area contributed by atoms with E-state index >= 15 is 0 Å². The third-order valence-electron chi connectivity index (χ3n) is 4.40. The van der Waals surface area contributed by atoms with Crippen LogP contribution in [-0.4, -0.2) is 16.1 Å². The molecule has 0 saturated heterocycles. The number of para-hydroxylation sites is 1. The third kappa shape index (κ3) is 2.57. The van der Waals surface area contributed by atoms with Gasteiger partial charge < -0.3 is 10.3 Å². The summed E-state index contributed by atoms with van der Waals surface area (Å²) in [4.78, 5) is 4.65. The molecule has 0 fully saturated rings. The summed E-state index contributed by atoms with van der Waals surface area (Å²) in [5.41, 5.74) is 11.2. The Morgan fingerprint density at radius 3 is 2.68 bits per heavy atom. The molecule has 22 heavy (non-hydrogen) atoms. The van der Waals surface area contributed by atoms with Crippen molar-refractivity contribution in [1.29, 1.82) is 0 Å². The molecule has 3 rings (SSSR count). The number of thiazole rings is 1. The van der Waals surface area contributed by atoms with Gasteiger partial charge in [0.1, 0.15) is 0 Å². The molecule has 0 amide bonds. The van der Waals surface area contributed by atoms with Crippen LogP contribution in [0.3, 0.4) is 0 Å². The first kappa shape index (κ1) is 15.3. The maximum Gasteiger partial charge on any atom is 0.0975 e. The second-order valence-corrected chi connectivity index (χ2v) is 6.68. The van der Waals surface area contributed by atoms with Crippen molar-refractivity contribution in [2.24, 2.45) is 5.73 Å². The van der Waals surface area contributed by atoms with Gasteiger partial charge in [0.25, 0.3) is 0 Å². The molecule has 1 unspecified atom stereocenters. The van der Waals surface area contributed by atoms with Crippen LogP contribution in [0.15, 0.2) is 29.6 Å². The van der Waals surface area contributed by atoms with Gasteiger partial charge in [0.05, 0.1) is 5.01 Å². The summed E-state index contributed by atoms with van der Waals surface area (Å²) in [7, 11) is 0. The highest BCUT2D eigenvalue weighted by Crippen LogP contribution is 2.31. The molecule has 2 heterocycles. The summed E-state index contributed by atoms with van der Waals surface area (Å²) in [6.07, 6.45) is 0.961. The van der Waals surface area contributed by atoms with Gasteiger partial charge in [-0.05, 0) is 38.8 Å². The fraction of sp³-hybridized carbons (Fsp3) is 0.389. The molecule has 2 aromatic heterocycles. The molecule has 4 heteroatoms. The SMILES string of the molecule is CCn1c(C)c(CC(CN)c2nc(C)cs2)c2ccccc21. The molecule has 1 aromatic carbocycles. The Labute approximate surface area is 135 Å². The number of hydrogen-bond acceptors (Lipinski definition) is 3. The number of rotatable bonds is 5. The lowest BCUT2D eigenvalue weighted by molar-refractivity contribution is 0.678. The largest absolute Gasteiger partial charge is 0.345 e. The van der Waals surface area contributed by atoms with Gasteiger partial charge in [-0.3, -0.25) is 0 Å². The molecule has 0 saturated carbocycles.